The Balaban J connectivity index is 1.75. The molecular formula is C15H14N2OS. The number of H-pyrrole nitrogens is 1. The second kappa shape index (κ2) is 4.90. The zero-order valence-corrected chi connectivity index (χ0v) is 11.4. The third-order valence-corrected chi connectivity index (χ3v) is 4.09. The summed E-state index contributed by atoms with van der Waals surface area (Å²) in [6, 6.07) is 9.76. The van der Waals surface area contributed by atoms with Crippen molar-refractivity contribution in [2.45, 2.75) is 13.5 Å². The lowest BCUT2D eigenvalue weighted by Gasteiger charge is -2.03. The van der Waals surface area contributed by atoms with Gasteiger partial charge in [0.15, 0.2) is 0 Å². The van der Waals surface area contributed by atoms with Gasteiger partial charge in [0.25, 0.3) is 5.91 Å². The molecule has 19 heavy (non-hydrogen) atoms. The van der Waals surface area contributed by atoms with Crippen molar-refractivity contribution in [3.63, 3.8) is 0 Å². The molecule has 1 aromatic carbocycles. The van der Waals surface area contributed by atoms with Crippen molar-refractivity contribution in [1.82, 2.24) is 10.3 Å². The van der Waals surface area contributed by atoms with Crippen molar-refractivity contribution < 1.29 is 4.79 Å². The lowest BCUT2D eigenvalue weighted by Crippen LogP contribution is -2.23. The molecule has 2 N–H and O–H groups in total. The van der Waals surface area contributed by atoms with Gasteiger partial charge < -0.3 is 10.3 Å². The minimum absolute atomic E-state index is 0.0678. The number of carbonyl (C=O) groups excluding carboxylic acids is 1. The van der Waals surface area contributed by atoms with Gasteiger partial charge >= 0.3 is 0 Å². The highest BCUT2D eigenvalue weighted by Crippen LogP contribution is 2.16. The number of amides is 1. The van der Waals surface area contributed by atoms with Crippen LogP contribution in [0.1, 0.15) is 21.6 Å². The molecule has 0 radical (unpaired) electrons. The molecule has 3 nitrogen and oxygen atoms in total. The lowest BCUT2D eigenvalue weighted by molar-refractivity contribution is 0.0947. The fourth-order valence-corrected chi connectivity index (χ4v) is 2.89. The maximum absolute atomic E-state index is 12.1. The molecule has 0 bridgehead atoms. The van der Waals surface area contributed by atoms with Crippen LogP contribution in [0.3, 0.4) is 0 Å². The van der Waals surface area contributed by atoms with Crippen LogP contribution in [0.15, 0.2) is 41.1 Å². The van der Waals surface area contributed by atoms with Crippen molar-refractivity contribution in [3.05, 3.63) is 57.9 Å². The van der Waals surface area contributed by atoms with Crippen molar-refractivity contribution >= 4 is 28.1 Å². The number of fused-ring (bicyclic) bond motifs is 1. The highest BCUT2D eigenvalue weighted by molar-refractivity contribution is 7.08. The molecule has 0 atom stereocenters. The van der Waals surface area contributed by atoms with Crippen molar-refractivity contribution in [1.29, 1.82) is 0 Å². The van der Waals surface area contributed by atoms with E-state index in [-0.39, 0.29) is 5.91 Å². The maximum Gasteiger partial charge on any atom is 0.267 e. The summed E-state index contributed by atoms with van der Waals surface area (Å²) in [5.41, 5.74) is 3.99. The number of thiophene rings is 1. The quantitative estimate of drug-likeness (QED) is 0.752. The number of para-hydroxylation sites is 1. The summed E-state index contributed by atoms with van der Waals surface area (Å²) in [6.45, 7) is 2.63. The van der Waals surface area contributed by atoms with Crippen LogP contribution in [-0.2, 0) is 6.54 Å². The molecule has 96 valence electrons. The number of benzene rings is 1. The Bertz CT molecular complexity index is 693. The van der Waals surface area contributed by atoms with Crippen molar-refractivity contribution in [3.8, 4) is 0 Å². The topological polar surface area (TPSA) is 44.9 Å². The van der Waals surface area contributed by atoms with E-state index in [9.17, 15) is 4.79 Å². The third-order valence-electron chi connectivity index (χ3n) is 3.18. The average molecular weight is 270 g/mol. The Hall–Kier alpha value is -2.07. The number of rotatable bonds is 3. The molecule has 0 fully saturated rings. The van der Waals surface area contributed by atoms with Gasteiger partial charge in [-0.3, -0.25) is 4.79 Å². The highest BCUT2D eigenvalue weighted by Gasteiger charge is 2.09. The van der Waals surface area contributed by atoms with E-state index in [0.717, 1.165) is 10.9 Å². The average Bonchev–Trinajstić information content (AvgIpc) is 3.01. The summed E-state index contributed by atoms with van der Waals surface area (Å²) in [5, 5.41) is 8.15. The van der Waals surface area contributed by atoms with Gasteiger partial charge in [0.2, 0.25) is 0 Å². The third kappa shape index (κ3) is 2.39. The van der Waals surface area contributed by atoms with Crippen LogP contribution < -0.4 is 5.32 Å². The summed E-state index contributed by atoms with van der Waals surface area (Å²) in [7, 11) is 0. The maximum atomic E-state index is 12.1. The Morgan fingerprint density at radius 2 is 2.16 bits per heavy atom. The van der Waals surface area contributed by atoms with Gasteiger partial charge in [0.05, 0.1) is 0 Å². The molecule has 2 heterocycles. The van der Waals surface area contributed by atoms with E-state index < -0.39 is 0 Å². The monoisotopic (exact) mass is 270 g/mol. The fourth-order valence-electron chi connectivity index (χ4n) is 2.03. The van der Waals surface area contributed by atoms with E-state index >= 15 is 0 Å². The highest BCUT2D eigenvalue weighted by atomic mass is 32.1. The van der Waals surface area contributed by atoms with E-state index in [1.165, 1.54) is 11.1 Å². The van der Waals surface area contributed by atoms with Gasteiger partial charge in [0, 0.05) is 17.4 Å². The number of carbonyl (C=O) groups is 1. The largest absolute Gasteiger partial charge is 0.351 e. The first-order valence-corrected chi connectivity index (χ1v) is 7.06. The minimum Gasteiger partial charge on any atom is -0.351 e. The number of aromatic amines is 1. The Labute approximate surface area is 115 Å². The molecule has 0 saturated heterocycles. The molecule has 0 unspecified atom stereocenters. The predicted octanol–water partition coefficient (Wildman–Crippen LogP) is 3.47. The van der Waals surface area contributed by atoms with Crippen molar-refractivity contribution in [2.75, 3.05) is 0 Å². The van der Waals surface area contributed by atoms with Crippen LogP contribution in [0.2, 0.25) is 0 Å². The van der Waals surface area contributed by atoms with E-state index in [0.29, 0.717) is 12.2 Å². The second-order valence-corrected chi connectivity index (χ2v) is 5.28. The second-order valence-electron chi connectivity index (χ2n) is 4.53. The molecule has 3 aromatic rings. The Morgan fingerprint density at radius 3 is 2.89 bits per heavy atom. The molecular weight excluding hydrogens is 256 g/mol. The zero-order chi connectivity index (χ0) is 13.2. The first kappa shape index (κ1) is 12.0. The Kier molecular flexibility index (Phi) is 3.09. The molecule has 0 saturated carbocycles. The van der Waals surface area contributed by atoms with Crippen LogP contribution in [0, 0.1) is 6.92 Å². The molecule has 0 aliphatic carbocycles. The number of aromatic nitrogens is 1. The fraction of sp³-hybridized carbons (Fsp3) is 0.133. The van der Waals surface area contributed by atoms with E-state index in [1.54, 1.807) is 11.3 Å². The predicted molar refractivity (Wildman–Crippen MR) is 78.5 cm³/mol. The SMILES string of the molecule is Cc1cscc1CNC(=O)c1cc2ccccc2[nH]1. The number of aryl methyl sites for hydroxylation is 1. The normalized spacial score (nSPS) is 10.8. The van der Waals surface area contributed by atoms with Gasteiger partial charge in [-0.2, -0.15) is 11.3 Å². The Morgan fingerprint density at radius 1 is 1.32 bits per heavy atom. The van der Waals surface area contributed by atoms with E-state index in [2.05, 4.69) is 28.0 Å². The molecule has 1 amide bonds. The van der Waals surface area contributed by atoms with Gasteiger partial charge in [-0.25, -0.2) is 0 Å². The molecule has 0 aliphatic heterocycles. The number of nitrogens with one attached hydrogen (secondary N) is 2. The number of hydrogen-bond donors (Lipinski definition) is 2. The molecule has 2 aromatic heterocycles. The van der Waals surface area contributed by atoms with E-state index in [1.807, 2.05) is 30.3 Å². The lowest BCUT2D eigenvalue weighted by atomic mass is 10.2. The molecule has 0 spiro atoms. The van der Waals surface area contributed by atoms with Gasteiger partial charge in [-0.15, -0.1) is 0 Å². The standard InChI is InChI=1S/C15H14N2OS/c1-10-8-19-9-12(10)7-16-15(18)14-6-11-4-2-3-5-13(11)17-14/h2-6,8-9,17H,7H2,1H3,(H,16,18). The van der Waals surface area contributed by atoms with Crippen LogP contribution in [0.5, 0.6) is 0 Å². The summed E-state index contributed by atoms with van der Waals surface area (Å²) < 4.78 is 0. The molecule has 3 rings (SSSR count). The zero-order valence-electron chi connectivity index (χ0n) is 10.6. The molecule has 0 aliphatic rings. The first-order valence-electron chi connectivity index (χ1n) is 6.11. The van der Waals surface area contributed by atoms with Crippen LogP contribution >= 0.6 is 11.3 Å². The molecule has 4 heteroatoms. The van der Waals surface area contributed by atoms with Crippen LogP contribution in [-0.4, -0.2) is 10.9 Å². The van der Waals surface area contributed by atoms with Gasteiger partial charge in [0.1, 0.15) is 5.69 Å². The smallest absolute Gasteiger partial charge is 0.267 e. The first-order chi connectivity index (χ1) is 9.24. The summed E-state index contributed by atoms with van der Waals surface area (Å²) in [6.07, 6.45) is 0. The van der Waals surface area contributed by atoms with E-state index in [4.69, 9.17) is 0 Å². The summed E-state index contributed by atoms with van der Waals surface area (Å²) >= 11 is 1.66. The van der Waals surface area contributed by atoms with Gasteiger partial charge in [-0.1, -0.05) is 18.2 Å². The minimum atomic E-state index is -0.0678. The van der Waals surface area contributed by atoms with Crippen LogP contribution in [0.4, 0.5) is 0 Å². The summed E-state index contributed by atoms with van der Waals surface area (Å²) in [4.78, 5) is 15.2. The van der Waals surface area contributed by atoms with Crippen LogP contribution in [0.25, 0.3) is 10.9 Å². The van der Waals surface area contributed by atoms with Gasteiger partial charge in [-0.05, 0) is 40.9 Å². The number of hydrogen-bond acceptors (Lipinski definition) is 2. The van der Waals surface area contributed by atoms with Crippen molar-refractivity contribution in [2.24, 2.45) is 0 Å². The summed E-state index contributed by atoms with van der Waals surface area (Å²) in [5.74, 6) is -0.0678.